The standard InChI is InChI=1S/C11H13BrClNO.ClH/c1-2-3-4-9(14)10-7(12)5-6-8(13)11(10)15;/h2,5-6,9,15H,1,3-4,14H2;1H/t9-;/m1./s1. The molecule has 2 nitrogen and oxygen atoms in total. The number of hydrogen-bond acceptors (Lipinski definition) is 2. The van der Waals surface area contributed by atoms with Gasteiger partial charge in [0.15, 0.2) is 0 Å². The zero-order valence-electron chi connectivity index (χ0n) is 8.62. The number of hydrogen-bond donors (Lipinski definition) is 2. The first kappa shape index (κ1) is 15.8. The largest absolute Gasteiger partial charge is 0.506 e. The molecular formula is C11H14BrCl2NO. The van der Waals surface area contributed by atoms with Gasteiger partial charge in [-0.25, -0.2) is 0 Å². The van der Waals surface area contributed by atoms with Crippen molar-refractivity contribution in [1.82, 2.24) is 0 Å². The lowest BCUT2D eigenvalue weighted by Crippen LogP contribution is -2.10. The molecular weight excluding hydrogens is 313 g/mol. The van der Waals surface area contributed by atoms with Gasteiger partial charge in [0.25, 0.3) is 0 Å². The van der Waals surface area contributed by atoms with Crippen LogP contribution in [0.2, 0.25) is 5.02 Å². The van der Waals surface area contributed by atoms with E-state index in [4.69, 9.17) is 17.3 Å². The smallest absolute Gasteiger partial charge is 0.140 e. The molecule has 0 aliphatic carbocycles. The van der Waals surface area contributed by atoms with E-state index in [1.165, 1.54) is 0 Å². The van der Waals surface area contributed by atoms with Crippen molar-refractivity contribution in [2.45, 2.75) is 18.9 Å². The maximum atomic E-state index is 9.78. The lowest BCUT2D eigenvalue weighted by atomic mass is 10.0. The Labute approximate surface area is 115 Å². The molecule has 0 aliphatic rings. The summed E-state index contributed by atoms with van der Waals surface area (Å²) in [6, 6.07) is 3.17. The highest BCUT2D eigenvalue weighted by Gasteiger charge is 2.16. The number of rotatable bonds is 4. The molecule has 0 spiro atoms. The quantitative estimate of drug-likeness (QED) is 0.815. The summed E-state index contributed by atoms with van der Waals surface area (Å²) in [6.07, 6.45) is 3.34. The normalized spacial score (nSPS) is 11.7. The average Bonchev–Trinajstić information content (AvgIpc) is 2.21. The van der Waals surface area contributed by atoms with Gasteiger partial charge in [-0.15, -0.1) is 19.0 Å². The van der Waals surface area contributed by atoms with Crippen LogP contribution in [0.3, 0.4) is 0 Å². The number of phenolic OH excluding ortho intramolecular Hbond substituents is 1. The van der Waals surface area contributed by atoms with Gasteiger partial charge in [-0.05, 0) is 25.0 Å². The van der Waals surface area contributed by atoms with E-state index in [1.54, 1.807) is 18.2 Å². The van der Waals surface area contributed by atoms with E-state index in [9.17, 15) is 5.11 Å². The van der Waals surface area contributed by atoms with E-state index in [2.05, 4.69) is 22.5 Å². The Morgan fingerprint density at radius 1 is 1.56 bits per heavy atom. The monoisotopic (exact) mass is 325 g/mol. The Balaban J connectivity index is 0.00000225. The molecule has 0 saturated heterocycles. The van der Waals surface area contributed by atoms with E-state index in [1.807, 2.05) is 0 Å². The van der Waals surface area contributed by atoms with Gasteiger partial charge in [-0.1, -0.05) is 33.6 Å². The molecule has 1 aromatic carbocycles. The van der Waals surface area contributed by atoms with Crippen molar-refractivity contribution >= 4 is 39.9 Å². The van der Waals surface area contributed by atoms with E-state index in [0.29, 0.717) is 10.6 Å². The van der Waals surface area contributed by atoms with Gasteiger partial charge < -0.3 is 10.8 Å². The topological polar surface area (TPSA) is 46.2 Å². The number of halogens is 3. The second-order valence-electron chi connectivity index (χ2n) is 3.26. The highest BCUT2D eigenvalue weighted by molar-refractivity contribution is 9.10. The van der Waals surface area contributed by atoms with Crippen LogP contribution in [0, 0.1) is 0 Å². The van der Waals surface area contributed by atoms with Crippen molar-refractivity contribution in [3.8, 4) is 5.75 Å². The molecule has 16 heavy (non-hydrogen) atoms. The van der Waals surface area contributed by atoms with Crippen LogP contribution >= 0.6 is 39.9 Å². The van der Waals surface area contributed by atoms with Crippen molar-refractivity contribution in [2.24, 2.45) is 5.73 Å². The molecule has 0 bridgehead atoms. The van der Waals surface area contributed by atoms with Gasteiger partial charge >= 0.3 is 0 Å². The predicted octanol–water partition coefficient (Wildman–Crippen LogP) is 4.20. The maximum Gasteiger partial charge on any atom is 0.140 e. The first-order chi connectivity index (χ1) is 7.07. The van der Waals surface area contributed by atoms with Gasteiger partial charge in [-0.2, -0.15) is 0 Å². The number of allylic oxidation sites excluding steroid dienone is 1. The fraction of sp³-hybridized carbons (Fsp3) is 0.273. The van der Waals surface area contributed by atoms with Crippen molar-refractivity contribution in [3.05, 3.63) is 39.8 Å². The van der Waals surface area contributed by atoms with Crippen LogP contribution in [0.1, 0.15) is 24.4 Å². The molecule has 1 aromatic rings. The van der Waals surface area contributed by atoms with Gasteiger partial charge in [0.05, 0.1) is 5.02 Å². The SMILES string of the molecule is C=CCC[C@@H](N)c1c(Br)ccc(Cl)c1O.Cl. The van der Waals surface area contributed by atoms with Gasteiger partial charge in [0, 0.05) is 16.1 Å². The second-order valence-corrected chi connectivity index (χ2v) is 4.53. The zero-order chi connectivity index (χ0) is 11.4. The lowest BCUT2D eigenvalue weighted by Gasteiger charge is -2.15. The molecule has 3 N–H and O–H groups in total. The molecule has 0 fully saturated rings. The van der Waals surface area contributed by atoms with Gasteiger partial charge in [0.2, 0.25) is 0 Å². The summed E-state index contributed by atoms with van der Waals surface area (Å²) < 4.78 is 0.779. The number of aromatic hydroxyl groups is 1. The first-order valence-electron chi connectivity index (χ1n) is 4.61. The van der Waals surface area contributed by atoms with Crippen molar-refractivity contribution in [2.75, 3.05) is 0 Å². The Bertz CT molecular complexity index is 371. The molecule has 5 heteroatoms. The summed E-state index contributed by atoms with van der Waals surface area (Å²) >= 11 is 9.17. The van der Waals surface area contributed by atoms with Crippen LogP contribution in [0.25, 0.3) is 0 Å². The van der Waals surface area contributed by atoms with Crippen LogP contribution in [-0.4, -0.2) is 5.11 Å². The van der Waals surface area contributed by atoms with Crippen molar-refractivity contribution in [3.63, 3.8) is 0 Å². The molecule has 0 saturated carbocycles. The van der Waals surface area contributed by atoms with Crippen LogP contribution in [0.4, 0.5) is 0 Å². The minimum Gasteiger partial charge on any atom is -0.506 e. The summed E-state index contributed by atoms with van der Waals surface area (Å²) in [7, 11) is 0. The number of phenols is 1. The third-order valence-corrected chi connectivity index (χ3v) is 3.16. The summed E-state index contributed by atoms with van der Waals surface area (Å²) in [4.78, 5) is 0. The van der Waals surface area contributed by atoms with E-state index < -0.39 is 0 Å². The number of nitrogens with two attached hydrogens (primary N) is 1. The summed E-state index contributed by atoms with van der Waals surface area (Å²) in [5.74, 6) is 0.0580. The number of benzene rings is 1. The molecule has 1 atom stereocenters. The molecule has 90 valence electrons. The summed E-state index contributed by atoms with van der Waals surface area (Å²) in [6.45, 7) is 3.63. The second kappa shape index (κ2) is 7.17. The Kier molecular flexibility index (Phi) is 7.07. The Morgan fingerprint density at radius 3 is 2.75 bits per heavy atom. The Morgan fingerprint density at radius 2 is 2.19 bits per heavy atom. The third-order valence-electron chi connectivity index (χ3n) is 2.17. The van der Waals surface area contributed by atoms with E-state index in [-0.39, 0.29) is 24.2 Å². The van der Waals surface area contributed by atoms with E-state index >= 15 is 0 Å². The van der Waals surface area contributed by atoms with Crippen LogP contribution in [0.15, 0.2) is 29.3 Å². The molecule has 0 unspecified atom stereocenters. The molecule has 0 aromatic heterocycles. The van der Waals surface area contributed by atoms with Gasteiger partial charge in [0.1, 0.15) is 5.75 Å². The third kappa shape index (κ3) is 3.67. The van der Waals surface area contributed by atoms with E-state index in [0.717, 1.165) is 17.3 Å². The van der Waals surface area contributed by atoms with Crippen LogP contribution < -0.4 is 5.73 Å². The first-order valence-corrected chi connectivity index (χ1v) is 5.78. The molecule has 1 rings (SSSR count). The molecule has 0 heterocycles. The predicted molar refractivity (Wildman–Crippen MR) is 74.4 cm³/mol. The highest BCUT2D eigenvalue weighted by Crippen LogP contribution is 2.37. The zero-order valence-corrected chi connectivity index (χ0v) is 11.8. The van der Waals surface area contributed by atoms with Gasteiger partial charge in [-0.3, -0.25) is 0 Å². The Hall–Kier alpha value is -0.220. The van der Waals surface area contributed by atoms with Crippen molar-refractivity contribution < 1.29 is 5.11 Å². The minimum absolute atomic E-state index is 0. The maximum absolute atomic E-state index is 9.78. The molecule has 0 radical (unpaired) electrons. The lowest BCUT2D eigenvalue weighted by molar-refractivity contribution is 0.458. The highest BCUT2D eigenvalue weighted by atomic mass is 79.9. The fourth-order valence-corrected chi connectivity index (χ4v) is 2.13. The fourth-order valence-electron chi connectivity index (χ4n) is 1.35. The summed E-state index contributed by atoms with van der Waals surface area (Å²) in [5, 5.41) is 10.1. The van der Waals surface area contributed by atoms with Crippen LogP contribution in [0.5, 0.6) is 5.75 Å². The molecule has 0 amide bonds. The summed E-state index contributed by atoms with van der Waals surface area (Å²) in [5.41, 5.74) is 6.61. The van der Waals surface area contributed by atoms with Crippen molar-refractivity contribution in [1.29, 1.82) is 0 Å². The van der Waals surface area contributed by atoms with Crippen LogP contribution in [-0.2, 0) is 0 Å². The minimum atomic E-state index is -0.240. The molecule has 0 aliphatic heterocycles. The average molecular weight is 327 g/mol.